The van der Waals surface area contributed by atoms with Crippen LogP contribution in [0, 0.1) is 12.7 Å². The number of nitrogens with two attached hydrogens (primary N) is 1. The topological polar surface area (TPSA) is 55.0 Å². The Labute approximate surface area is 112 Å². The quantitative estimate of drug-likeness (QED) is 0.913. The van der Waals surface area contributed by atoms with E-state index < -0.39 is 0 Å². The SMILES string of the molecule is Cc1cnc(N(C)CCN)nc1-c1ccc(F)cc1. The van der Waals surface area contributed by atoms with Gasteiger partial charge in [0.25, 0.3) is 0 Å². The first-order chi connectivity index (χ1) is 9.11. The summed E-state index contributed by atoms with van der Waals surface area (Å²) < 4.78 is 13.0. The van der Waals surface area contributed by atoms with E-state index in [-0.39, 0.29) is 5.82 Å². The third kappa shape index (κ3) is 3.06. The lowest BCUT2D eigenvalue weighted by Gasteiger charge is -2.17. The molecule has 2 N–H and O–H groups in total. The Morgan fingerprint density at radius 2 is 1.95 bits per heavy atom. The van der Waals surface area contributed by atoms with Crippen LogP contribution in [-0.4, -0.2) is 30.1 Å². The van der Waals surface area contributed by atoms with Gasteiger partial charge in [-0.15, -0.1) is 0 Å². The molecule has 0 atom stereocenters. The summed E-state index contributed by atoms with van der Waals surface area (Å²) >= 11 is 0. The van der Waals surface area contributed by atoms with Gasteiger partial charge in [0.2, 0.25) is 5.95 Å². The fraction of sp³-hybridized carbons (Fsp3) is 0.286. The van der Waals surface area contributed by atoms with Crippen LogP contribution in [-0.2, 0) is 0 Å². The van der Waals surface area contributed by atoms with Crippen LogP contribution >= 0.6 is 0 Å². The smallest absolute Gasteiger partial charge is 0.225 e. The van der Waals surface area contributed by atoms with Crippen molar-refractivity contribution in [1.82, 2.24) is 9.97 Å². The summed E-state index contributed by atoms with van der Waals surface area (Å²) in [5.74, 6) is 0.367. The second kappa shape index (κ2) is 5.75. The second-order valence-corrected chi connectivity index (χ2v) is 4.42. The zero-order chi connectivity index (χ0) is 13.8. The second-order valence-electron chi connectivity index (χ2n) is 4.42. The number of likely N-dealkylation sites (N-methyl/N-ethyl adjacent to an activating group) is 1. The minimum atomic E-state index is -0.254. The van der Waals surface area contributed by atoms with Crippen molar-refractivity contribution >= 4 is 5.95 Å². The molecule has 2 rings (SSSR count). The maximum atomic E-state index is 13.0. The van der Waals surface area contributed by atoms with Crippen molar-refractivity contribution in [2.24, 2.45) is 5.73 Å². The molecule has 0 saturated heterocycles. The minimum absolute atomic E-state index is 0.254. The molecular formula is C14H17FN4. The molecule has 0 unspecified atom stereocenters. The lowest BCUT2D eigenvalue weighted by Crippen LogP contribution is -2.26. The summed E-state index contributed by atoms with van der Waals surface area (Å²) in [6.45, 7) is 3.16. The molecule has 0 bridgehead atoms. The van der Waals surface area contributed by atoms with Crippen LogP contribution in [0.3, 0.4) is 0 Å². The van der Waals surface area contributed by atoms with Crippen molar-refractivity contribution in [1.29, 1.82) is 0 Å². The van der Waals surface area contributed by atoms with E-state index in [0.29, 0.717) is 19.0 Å². The van der Waals surface area contributed by atoms with Gasteiger partial charge in [-0.05, 0) is 36.8 Å². The highest BCUT2D eigenvalue weighted by molar-refractivity contribution is 5.63. The Balaban J connectivity index is 2.39. The van der Waals surface area contributed by atoms with Crippen LogP contribution in [0.1, 0.15) is 5.56 Å². The van der Waals surface area contributed by atoms with Gasteiger partial charge in [0, 0.05) is 31.9 Å². The number of aromatic nitrogens is 2. The average molecular weight is 260 g/mol. The molecule has 0 aliphatic heterocycles. The predicted molar refractivity (Wildman–Crippen MR) is 74.5 cm³/mol. The fourth-order valence-corrected chi connectivity index (χ4v) is 1.81. The summed E-state index contributed by atoms with van der Waals surface area (Å²) in [5.41, 5.74) is 8.17. The standard InChI is InChI=1S/C14H17FN4/c1-10-9-17-14(19(2)8-7-16)18-13(10)11-3-5-12(15)6-4-11/h3-6,9H,7-8,16H2,1-2H3. The van der Waals surface area contributed by atoms with Gasteiger partial charge < -0.3 is 10.6 Å². The molecule has 0 aliphatic rings. The molecule has 0 spiro atoms. The monoisotopic (exact) mass is 260 g/mol. The van der Waals surface area contributed by atoms with Crippen molar-refractivity contribution in [3.05, 3.63) is 41.8 Å². The minimum Gasteiger partial charge on any atom is -0.343 e. The molecule has 19 heavy (non-hydrogen) atoms. The summed E-state index contributed by atoms with van der Waals surface area (Å²) in [7, 11) is 1.89. The van der Waals surface area contributed by atoms with Gasteiger partial charge in [-0.1, -0.05) is 0 Å². The maximum absolute atomic E-state index is 13.0. The van der Waals surface area contributed by atoms with E-state index in [1.165, 1.54) is 12.1 Å². The first-order valence-corrected chi connectivity index (χ1v) is 6.12. The van der Waals surface area contributed by atoms with Crippen LogP contribution in [0.2, 0.25) is 0 Å². The van der Waals surface area contributed by atoms with Crippen molar-refractivity contribution in [2.75, 3.05) is 25.0 Å². The molecule has 1 aromatic carbocycles. The van der Waals surface area contributed by atoms with Gasteiger partial charge in [-0.25, -0.2) is 14.4 Å². The molecule has 0 amide bonds. The first kappa shape index (κ1) is 13.4. The highest BCUT2D eigenvalue weighted by Crippen LogP contribution is 2.22. The van der Waals surface area contributed by atoms with E-state index >= 15 is 0 Å². The summed E-state index contributed by atoms with van der Waals surface area (Å²) in [5, 5.41) is 0. The molecule has 0 radical (unpaired) electrons. The third-order valence-electron chi connectivity index (χ3n) is 2.88. The molecule has 100 valence electrons. The number of hydrogen-bond acceptors (Lipinski definition) is 4. The normalized spacial score (nSPS) is 10.5. The van der Waals surface area contributed by atoms with Crippen molar-refractivity contribution in [2.45, 2.75) is 6.92 Å². The average Bonchev–Trinajstić information content (AvgIpc) is 2.41. The molecule has 1 aromatic heterocycles. The number of anilines is 1. The molecule has 0 saturated carbocycles. The van der Waals surface area contributed by atoms with Crippen molar-refractivity contribution in [3.63, 3.8) is 0 Å². The molecule has 2 aromatic rings. The molecule has 0 fully saturated rings. The molecule has 0 aliphatic carbocycles. The van der Waals surface area contributed by atoms with Crippen LogP contribution in [0.5, 0.6) is 0 Å². The van der Waals surface area contributed by atoms with E-state index in [1.807, 2.05) is 18.9 Å². The summed E-state index contributed by atoms with van der Waals surface area (Å²) in [4.78, 5) is 10.7. The van der Waals surface area contributed by atoms with Gasteiger partial charge in [0.1, 0.15) is 5.82 Å². The third-order valence-corrected chi connectivity index (χ3v) is 2.88. The zero-order valence-electron chi connectivity index (χ0n) is 11.1. The van der Waals surface area contributed by atoms with Gasteiger partial charge >= 0.3 is 0 Å². The van der Waals surface area contributed by atoms with E-state index in [4.69, 9.17) is 5.73 Å². The van der Waals surface area contributed by atoms with Gasteiger partial charge in [0.15, 0.2) is 0 Å². The maximum Gasteiger partial charge on any atom is 0.225 e. The highest BCUT2D eigenvalue weighted by Gasteiger charge is 2.09. The Kier molecular flexibility index (Phi) is 4.06. The van der Waals surface area contributed by atoms with Gasteiger partial charge in [-0.2, -0.15) is 0 Å². The van der Waals surface area contributed by atoms with Crippen LogP contribution in [0.25, 0.3) is 11.3 Å². The summed E-state index contributed by atoms with van der Waals surface area (Å²) in [6, 6.07) is 6.30. The number of halogens is 1. The molecule has 5 heteroatoms. The van der Waals surface area contributed by atoms with E-state index in [0.717, 1.165) is 16.8 Å². The van der Waals surface area contributed by atoms with E-state index in [1.54, 1.807) is 18.3 Å². The van der Waals surface area contributed by atoms with Crippen LogP contribution in [0.4, 0.5) is 10.3 Å². The van der Waals surface area contributed by atoms with Crippen molar-refractivity contribution in [3.8, 4) is 11.3 Å². The Morgan fingerprint density at radius 1 is 1.26 bits per heavy atom. The molecule has 4 nitrogen and oxygen atoms in total. The zero-order valence-corrected chi connectivity index (χ0v) is 11.1. The van der Waals surface area contributed by atoms with E-state index in [2.05, 4.69) is 9.97 Å². The van der Waals surface area contributed by atoms with E-state index in [9.17, 15) is 4.39 Å². The van der Waals surface area contributed by atoms with Crippen molar-refractivity contribution < 1.29 is 4.39 Å². The van der Waals surface area contributed by atoms with Gasteiger partial charge in [-0.3, -0.25) is 0 Å². The van der Waals surface area contributed by atoms with Crippen LogP contribution in [0.15, 0.2) is 30.5 Å². The lowest BCUT2D eigenvalue weighted by molar-refractivity contribution is 0.628. The Morgan fingerprint density at radius 3 is 2.58 bits per heavy atom. The fourth-order valence-electron chi connectivity index (χ4n) is 1.81. The summed E-state index contributed by atoms with van der Waals surface area (Å²) in [6.07, 6.45) is 1.77. The Hall–Kier alpha value is -2.01. The molecular weight excluding hydrogens is 243 g/mol. The molecule has 1 heterocycles. The number of nitrogens with zero attached hydrogens (tertiary/aromatic N) is 3. The predicted octanol–water partition coefficient (Wildman–Crippen LogP) is 1.99. The number of rotatable bonds is 4. The van der Waals surface area contributed by atoms with Crippen LogP contribution < -0.4 is 10.6 Å². The Bertz CT molecular complexity index is 554. The lowest BCUT2D eigenvalue weighted by atomic mass is 10.1. The highest BCUT2D eigenvalue weighted by atomic mass is 19.1. The number of benzene rings is 1. The largest absolute Gasteiger partial charge is 0.343 e. The number of aryl methyl sites for hydroxylation is 1. The number of hydrogen-bond donors (Lipinski definition) is 1. The first-order valence-electron chi connectivity index (χ1n) is 6.12. The van der Waals surface area contributed by atoms with Gasteiger partial charge in [0.05, 0.1) is 5.69 Å².